The van der Waals surface area contributed by atoms with Crippen molar-refractivity contribution in [2.45, 2.75) is 13.3 Å². The van der Waals surface area contributed by atoms with E-state index in [0.29, 0.717) is 23.5 Å². The molecular formula is C12H11N3O3. The highest BCUT2D eigenvalue weighted by Gasteiger charge is 2.24. The number of nitro benzene ring substituents is 1. The van der Waals surface area contributed by atoms with Gasteiger partial charge in [-0.1, -0.05) is 5.92 Å². The number of rotatable bonds is 3. The van der Waals surface area contributed by atoms with Crippen LogP contribution in [0.1, 0.15) is 12.5 Å². The van der Waals surface area contributed by atoms with E-state index in [9.17, 15) is 14.9 Å². The Bertz CT molecular complexity index is 584. The molecule has 0 bridgehead atoms. The fraction of sp³-hybridized carbons (Fsp3) is 0.250. The second-order valence-corrected chi connectivity index (χ2v) is 3.79. The molecule has 2 rings (SSSR count). The lowest BCUT2D eigenvalue weighted by atomic mass is 10.1. The van der Waals surface area contributed by atoms with Gasteiger partial charge in [0.15, 0.2) is 0 Å². The number of nitro groups is 1. The van der Waals surface area contributed by atoms with Gasteiger partial charge in [0.25, 0.3) is 5.69 Å². The zero-order valence-electron chi connectivity index (χ0n) is 9.74. The molecule has 6 nitrogen and oxygen atoms in total. The fourth-order valence-corrected chi connectivity index (χ4v) is 1.78. The van der Waals surface area contributed by atoms with Crippen LogP contribution in [0.15, 0.2) is 12.1 Å². The molecule has 18 heavy (non-hydrogen) atoms. The third kappa shape index (κ3) is 2.25. The number of carbonyl (C=O) groups excluding carboxylic acids is 1. The molecule has 0 atom stereocenters. The van der Waals surface area contributed by atoms with Crippen LogP contribution in [0.3, 0.4) is 0 Å². The molecule has 1 heterocycles. The monoisotopic (exact) mass is 245 g/mol. The van der Waals surface area contributed by atoms with E-state index in [4.69, 9.17) is 0 Å². The fourth-order valence-electron chi connectivity index (χ4n) is 1.78. The van der Waals surface area contributed by atoms with Crippen LogP contribution in [-0.2, 0) is 11.2 Å². The predicted octanol–water partition coefficient (Wildman–Crippen LogP) is 1.52. The van der Waals surface area contributed by atoms with Crippen LogP contribution in [0.25, 0.3) is 0 Å². The van der Waals surface area contributed by atoms with Crippen molar-refractivity contribution in [1.82, 2.24) is 0 Å². The van der Waals surface area contributed by atoms with E-state index in [1.54, 1.807) is 13.0 Å². The summed E-state index contributed by atoms with van der Waals surface area (Å²) in [5.74, 6) is 5.31. The van der Waals surface area contributed by atoms with E-state index in [1.165, 1.54) is 6.07 Å². The quantitative estimate of drug-likeness (QED) is 0.480. The first-order valence-electron chi connectivity index (χ1n) is 5.36. The molecule has 0 radical (unpaired) electrons. The van der Waals surface area contributed by atoms with Crippen LogP contribution in [0.4, 0.5) is 17.1 Å². The maximum atomic E-state index is 11.2. The normalized spacial score (nSPS) is 12.2. The molecule has 0 aromatic heterocycles. The van der Waals surface area contributed by atoms with Crippen molar-refractivity contribution >= 4 is 23.0 Å². The first-order chi connectivity index (χ1) is 8.61. The third-order valence-electron chi connectivity index (χ3n) is 2.59. The molecule has 1 aromatic carbocycles. The second kappa shape index (κ2) is 4.75. The highest BCUT2D eigenvalue weighted by atomic mass is 16.6. The maximum absolute atomic E-state index is 11.2. The molecule has 0 saturated carbocycles. The Morgan fingerprint density at radius 1 is 1.56 bits per heavy atom. The third-order valence-corrected chi connectivity index (χ3v) is 2.59. The Morgan fingerprint density at radius 3 is 3.00 bits per heavy atom. The number of amides is 1. The molecule has 1 aliphatic rings. The van der Waals surface area contributed by atoms with Crippen molar-refractivity contribution in [1.29, 1.82) is 0 Å². The molecule has 0 saturated heterocycles. The van der Waals surface area contributed by atoms with Crippen LogP contribution in [0.5, 0.6) is 0 Å². The van der Waals surface area contributed by atoms with Gasteiger partial charge in [-0.2, -0.15) is 0 Å². The van der Waals surface area contributed by atoms with Gasteiger partial charge < -0.3 is 10.6 Å². The average molecular weight is 245 g/mol. The molecule has 92 valence electrons. The second-order valence-electron chi connectivity index (χ2n) is 3.79. The summed E-state index contributed by atoms with van der Waals surface area (Å²) in [6.45, 7) is 2.02. The first-order valence-corrected chi connectivity index (χ1v) is 5.36. The summed E-state index contributed by atoms with van der Waals surface area (Å²) in [5, 5.41) is 16.5. The number of benzene rings is 1. The smallest absolute Gasteiger partial charge is 0.292 e. The number of fused-ring (bicyclic) bond motifs is 1. The van der Waals surface area contributed by atoms with Crippen molar-refractivity contribution in [3.8, 4) is 11.8 Å². The summed E-state index contributed by atoms with van der Waals surface area (Å²) in [7, 11) is 0. The number of nitrogens with zero attached hydrogens (tertiary/aromatic N) is 1. The van der Waals surface area contributed by atoms with Crippen molar-refractivity contribution in [3.05, 3.63) is 27.8 Å². The molecular weight excluding hydrogens is 234 g/mol. The average Bonchev–Trinajstić information content (AvgIpc) is 2.67. The summed E-state index contributed by atoms with van der Waals surface area (Å²) < 4.78 is 0. The van der Waals surface area contributed by atoms with Crippen LogP contribution in [-0.4, -0.2) is 17.4 Å². The van der Waals surface area contributed by atoms with Crippen LogP contribution >= 0.6 is 0 Å². The van der Waals surface area contributed by atoms with Gasteiger partial charge >= 0.3 is 0 Å². The SMILES string of the molecule is CC#CCNc1cc2c(cc1[N+](=O)[O-])CC(=O)N2. The summed E-state index contributed by atoms with van der Waals surface area (Å²) in [6, 6.07) is 3.00. The van der Waals surface area contributed by atoms with Gasteiger partial charge in [0.2, 0.25) is 5.91 Å². The van der Waals surface area contributed by atoms with Gasteiger partial charge in [0.05, 0.1) is 17.9 Å². The van der Waals surface area contributed by atoms with Crippen molar-refractivity contribution in [2.24, 2.45) is 0 Å². The van der Waals surface area contributed by atoms with E-state index >= 15 is 0 Å². The van der Waals surface area contributed by atoms with E-state index < -0.39 is 4.92 Å². The van der Waals surface area contributed by atoms with Crippen molar-refractivity contribution in [2.75, 3.05) is 17.2 Å². The molecule has 1 amide bonds. The Balaban J connectivity index is 2.37. The molecule has 0 aliphatic carbocycles. The summed E-state index contributed by atoms with van der Waals surface area (Å²) in [5.41, 5.74) is 1.60. The van der Waals surface area contributed by atoms with Gasteiger partial charge in [0, 0.05) is 11.8 Å². The molecule has 6 heteroatoms. The Morgan fingerprint density at radius 2 is 2.33 bits per heavy atom. The largest absolute Gasteiger partial charge is 0.369 e. The summed E-state index contributed by atoms with van der Waals surface area (Å²) in [6.07, 6.45) is 0.186. The maximum Gasteiger partial charge on any atom is 0.292 e. The highest BCUT2D eigenvalue weighted by Crippen LogP contribution is 2.34. The highest BCUT2D eigenvalue weighted by molar-refractivity contribution is 6.00. The molecule has 1 aromatic rings. The molecule has 1 aliphatic heterocycles. The van der Waals surface area contributed by atoms with E-state index in [-0.39, 0.29) is 18.0 Å². The Hall–Kier alpha value is -2.55. The van der Waals surface area contributed by atoms with E-state index in [2.05, 4.69) is 22.5 Å². The van der Waals surface area contributed by atoms with Gasteiger partial charge in [-0.3, -0.25) is 14.9 Å². The molecule has 0 fully saturated rings. The Labute approximate surface area is 104 Å². The minimum absolute atomic E-state index is 0.0387. The summed E-state index contributed by atoms with van der Waals surface area (Å²) in [4.78, 5) is 21.7. The lowest BCUT2D eigenvalue weighted by Gasteiger charge is -2.06. The zero-order valence-corrected chi connectivity index (χ0v) is 9.74. The van der Waals surface area contributed by atoms with Crippen molar-refractivity contribution < 1.29 is 9.72 Å². The van der Waals surface area contributed by atoms with Crippen molar-refractivity contribution in [3.63, 3.8) is 0 Å². The minimum Gasteiger partial charge on any atom is -0.369 e. The number of carbonyl (C=O) groups is 1. The first kappa shape index (κ1) is 11.9. The van der Waals surface area contributed by atoms with E-state index in [1.807, 2.05) is 0 Å². The molecule has 2 N–H and O–H groups in total. The summed E-state index contributed by atoms with van der Waals surface area (Å²) >= 11 is 0. The standard InChI is InChI=1S/C12H11N3O3/c1-2-3-4-13-10-7-9-8(6-12(16)14-9)5-11(10)15(17)18/h5,7,13H,4,6H2,1H3,(H,14,16). The Kier molecular flexibility index (Phi) is 3.15. The topological polar surface area (TPSA) is 84.3 Å². The van der Waals surface area contributed by atoms with E-state index in [0.717, 1.165) is 0 Å². The number of hydrogen-bond acceptors (Lipinski definition) is 4. The van der Waals surface area contributed by atoms with Gasteiger partial charge in [-0.05, 0) is 18.6 Å². The van der Waals surface area contributed by atoms with Crippen LogP contribution in [0, 0.1) is 22.0 Å². The van der Waals surface area contributed by atoms with Gasteiger partial charge in [0.1, 0.15) is 5.69 Å². The predicted molar refractivity (Wildman–Crippen MR) is 67.4 cm³/mol. The van der Waals surface area contributed by atoms with Gasteiger partial charge in [-0.25, -0.2) is 0 Å². The number of nitrogens with one attached hydrogen (secondary N) is 2. The zero-order chi connectivity index (χ0) is 13.1. The lowest BCUT2D eigenvalue weighted by molar-refractivity contribution is -0.384. The van der Waals surface area contributed by atoms with Crippen LogP contribution in [0.2, 0.25) is 0 Å². The van der Waals surface area contributed by atoms with Crippen LogP contribution < -0.4 is 10.6 Å². The number of hydrogen-bond donors (Lipinski definition) is 2. The van der Waals surface area contributed by atoms with Gasteiger partial charge in [-0.15, -0.1) is 5.92 Å². The number of anilines is 2. The lowest BCUT2D eigenvalue weighted by Crippen LogP contribution is -2.04. The minimum atomic E-state index is -0.467. The molecule has 0 spiro atoms. The molecule has 0 unspecified atom stereocenters.